The molecule has 26 heavy (non-hydrogen) atoms. The number of benzene rings is 4. The zero-order chi connectivity index (χ0) is 18.5. The molecule has 0 spiro atoms. The van der Waals surface area contributed by atoms with Crippen molar-refractivity contribution in [3.05, 3.63) is 83.9 Å². The molecule has 0 aliphatic rings. The van der Waals surface area contributed by atoms with E-state index in [1.165, 1.54) is 56.6 Å². The van der Waals surface area contributed by atoms with E-state index in [9.17, 15) is 0 Å². The molecule has 0 amide bonds. The molecule has 0 fully saturated rings. The Morgan fingerprint density at radius 2 is 1.00 bits per heavy atom. The summed E-state index contributed by atoms with van der Waals surface area (Å²) in [5.74, 6) is 0. The molecular weight excluding hydrogens is 312 g/mol. The molecule has 4 rings (SSSR count). The van der Waals surface area contributed by atoms with E-state index in [0.717, 1.165) is 0 Å². The lowest BCUT2D eigenvalue weighted by molar-refractivity contribution is 0.886. The molecule has 0 saturated heterocycles. The van der Waals surface area contributed by atoms with Crippen molar-refractivity contribution in [3.8, 4) is 11.1 Å². The molecule has 0 saturated carbocycles. The largest absolute Gasteiger partial charge is 0.0654 e. The van der Waals surface area contributed by atoms with Crippen LogP contribution in [0.25, 0.3) is 32.7 Å². The number of hydrogen-bond acceptors (Lipinski definition) is 0. The van der Waals surface area contributed by atoms with Crippen LogP contribution >= 0.6 is 0 Å². The van der Waals surface area contributed by atoms with Gasteiger partial charge in [0.2, 0.25) is 0 Å². The summed E-state index contributed by atoms with van der Waals surface area (Å²) in [4.78, 5) is 0. The Balaban J connectivity index is 0.000000447. The third-order valence-electron chi connectivity index (χ3n) is 5.11. The second kappa shape index (κ2) is 8.19. The normalized spacial score (nSPS) is 10.6. The molecular formula is C26H28. The van der Waals surface area contributed by atoms with Crippen molar-refractivity contribution in [1.82, 2.24) is 0 Å². The van der Waals surface area contributed by atoms with Gasteiger partial charge >= 0.3 is 0 Å². The molecule has 4 aromatic carbocycles. The van der Waals surface area contributed by atoms with Crippen molar-refractivity contribution < 1.29 is 0 Å². The fraction of sp³-hybridized carbons (Fsp3) is 0.231. The monoisotopic (exact) mass is 340 g/mol. The quantitative estimate of drug-likeness (QED) is 0.323. The Hall–Kier alpha value is -2.60. The van der Waals surface area contributed by atoms with E-state index >= 15 is 0 Å². The van der Waals surface area contributed by atoms with Crippen LogP contribution in [-0.2, 0) is 0 Å². The average Bonchev–Trinajstić information content (AvgIpc) is 2.70. The van der Waals surface area contributed by atoms with Crippen LogP contribution in [0.1, 0.15) is 37.8 Å². The fourth-order valence-electron chi connectivity index (χ4n) is 3.52. The van der Waals surface area contributed by atoms with Crippen molar-refractivity contribution in [2.75, 3.05) is 0 Å². The van der Waals surface area contributed by atoms with E-state index in [0.29, 0.717) is 0 Å². The minimum atomic E-state index is 1.32. The van der Waals surface area contributed by atoms with E-state index in [1.54, 1.807) is 0 Å². The van der Waals surface area contributed by atoms with Crippen LogP contribution < -0.4 is 0 Å². The van der Waals surface area contributed by atoms with E-state index in [-0.39, 0.29) is 0 Å². The lowest BCUT2D eigenvalue weighted by atomic mass is 9.87. The van der Waals surface area contributed by atoms with Gasteiger partial charge < -0.3 is 0 Å². The smallest absolute Gasteiger partial charge is 0.00671 e. The molecule has 132 valence electrons. The lowest BCUT2D eigenvalue weighted by Gasteiger charge is -2.16. The lowest BCUT2D eigenvalue weighted by Crippen LogP contribution is -1.91. The highest BCUT2D eigenvalue weighted by molar-refractivity contribution is 6.15. The minimum absolute atomic E-state index is 1.32. The van der Waals surface area contributed by atoms with E-state index in [1.807, 2.05) is 0 Å². The maximum absolute atomic E-state index is 2.25. The molecule has 0 N–H and O–H groups in total. The number of unbranched alkanes of at least 4 members (excludes halogenated alkanes) is 1. The van der Waals surface area contributed by atoms with E-state index < -0.39 is 0 Å². The third-order valence-corrected chi connectivity index (χ3v) is 5.11. The van der Waals surface area contributed by atoms with Crippen molar-refractivity contribution in [3.63, 3.8) is 0 Å². The maximum atomic E-state index is 2.25. The van der Waals surface area contributed by atoms with Crippen LogP contribution in [0.5, 0.6) is 0 Å². The van der Waals surface area contributed by atoms with Crippen molar-refractivity contribution in [2.24, 2.45) is 0 Å². The SMILES string of the molecule is CCCC.Cc1ccccc1-c1c(C)c2ccccc2c2ccccc12. The fourth-order valence-corrected chi connectivity index (χ4v) is 3.52. The van der Waals surface area contributed by atoms with E-state index in [2.05, 4.69) is 100 Å². The Morgan fingerprint density at radius 1 is 0.538 bits per heavy atom. The summed E-state index contributed by atoms with van der Waals surface area (Å²) in [6.45, 7) is 8.80. The predicted octanol–water partition coefficient (Wildman–Crippen LogP) is 8.08. The summed E-state index contributed by atoms with van der Waals surface area (Å²) in [6.07, 6.45) is 2.64. The van der Waals surface area contributed by atoms with Gasteiger partial charge in [-0.2, -0.15) is 0 Å². The van der Waals surface area contributed by atoms with Crippen LogP contribution in [0.3, 0.4) is 0 Å². The minimum Gasteiger partial charge on any atom is -0.0654 e. The zero-order valence-corrected chi connectivity index (χ0v) is 16.3. The maximum Gasteiger partial charge on any atom is -0.00671 e. The Labute approximate surface area is 157 Å². The molecule has 0 atom stereocenters. The predicted molar refractivity (Wildman–Crippen MR) is 117 cm³/mol. The van der Waals surface area contributed by atoms with Gasteiger partial charge in [0.05, 0.1) is 0 Å². The summed E-state index contributed by atoms with van der Waals surface area (Å²) in [7, 11) is 0. The molecule has 0 heterocycles. The molecule has 0 radical (unpaired) electrons. The van der Waals surface area contributed by atoms with Crippen LogP contribution in [0.4, 0.5) is 0 Å². The number of rotatable bonds is 2. The summed E-state index contributed by atoms with van der Waals surface area (Å²) in [5.41, 5.74) is 5.39. The average molecular weight is 341 g/mol. The van der Waals surface area contributed by atoms with Gasteiger partial charge in [-0.15, -0.1) is 0 Å². The van der Waals surface area contributed by atoms with Crippen molar-refractivity contribution in [1.29, 1.82) is 0 Å². The van der Waals surface area contributed by atoms with Crippen molar-refractivity contribution >= 4 is 21.5 Å². The van der Waals surface area contributed by atoms with Gasteiger partial charge in [0.25, 0.3) is 0 Å². The molecule has 0 aliphatic carbocycles. The van der Waals surface area contributed by atoms with Crippen LogP contribution in [0, 0.1) is 13.8 Å². The van der Waals surface area contributed by atoms with Gasteiger partial charge in [-0.05, 0) is 57.6 Å². The van der Waals surface area contributed by atoms with Gasteiger partial charge in [0, 0.05) is 0 Å². The van der Waals surface area contributed by atoms with Gasteiger partial charge in [-0.3, -0.25) is 0 Å². The number of fused-ring (bicyclic) bond motifs is 3. The summed E-state index contributed by atoms with van der Waals surface area (Å²) >= 11 is 0. The first kappa shape index (κ1) is 18.2. The van der Waals surface area contributed by atoms with Gasteiger partial charge in [0.1, 0.15) is 0 Å². The zero-order valence-electron chi connectivity index (χ0n) is 16.3. The van der Waals surface area contributed by atoms with Gasteiger partial charge in [-0.1, -0.05) is 99.5 Å². The van der Waals surface area contributed by atoms with Crippen LogP contribution in [0.2, 0.25) is 0 Å². The summed E-state index contributed by atoms with van der Waals surface area (Å²) in [6, 6.07) is 26.1. The molecule has 0 nitrogen and oxygen atoms in total. The highest BCUT2D eigenvalue weighted by Crippen LogP contribution is 2.39. The second-order valence-electron chi connectivity index (χ2n) is 6.91. The molecule has 0 bridgehead atoms. The van der Waals surface area contributed by atoms with Gasteiger partial charge in [-0.25, -0.2) is 0 Å². The molecule has 0 unspecified atom stereocenters. The Bertz CT molecular complexity index is 1020. The topological polar surface area (TPSA) is 0 Å². The van der Waals surface area contributed by atoms with Gasteiger partial charge in [0.15, 0.2) is 0 Å². The van der Waals surface area contributed by atoms with Crippen LogP contribution in [-0.4, -0.2) is 0 Å². The summed E-state index contributed by atoms with van der Waals surface area (Å²) < 4.78 is 0. The Kier molecular flexibility index (Phi) is 5.73. The second-order valence-corrected chi connectivity index (χ2v) is 6.91. The first-order chi connectivity index (χ1) is 12.7. The molecule has 4 aromatic rings. The number of aryl methyl sites for hydroxylation is 2. The highest BCUT2D eigenvalue weighted by atomic mass is 14.2. The highest BCUT2D eigenvalue weighted by Gasteiger charge is 2.13. The molecule has 0 aromatic heterocycles. The van der Waals surface area contributed by atoms with Crippen LogP contribution in [0.15, 0.2) is 72.8 Å². The first-order valence-electron chi connectivity index (χ1n) is 9.65. The first-order valence-corrected chi connectivity index (χ1v) is 9.65. The third kappa shape index (κ3) is 3.37. The standard InChI is InChI=1S/C22H18.C4H10/c1-15-9-3-4-10-17(15)22-16(2)18-11-5-6-12-19(18)20-13-7-8-14-21(20)22;1-3-4-2/h3-14H,1-2H3;3-4H2,1-2H3. The number of hydrogen-bond donors (Lipinski definition) is 0. The summed E-state index contributed by atoms with van der Waals surface area (Å²) in [5, 5.41) is 5.36. The Morgan fingerprint density at radius 3 is 1.58 bits per heavy atom. The van der Waals surface area contributed by atoms with E-state index in [4.69, 9.17) is 0 Å². The molecule has 0 heteroatoms. The molecule has 0 aliphatic heterocycles. The van der Waals surface area contributed by atoms with Crippen molar-refractivity contribution in [2.45, 2.75) is 40.5 Å².